The third-order valence-electron chi connectivity index (χ3n) is 2.13. The van der Waals surface area contributed by atoms with E-state index in [1.807, 2.05) is 12.1 Å². The first-order chi connectivity index (χ1) is 6.70. The maximum absolute atomic E-state index is 10.7. The van der Waals surface area contributed by atoms with Gasteiger partial charge in [0.25, 0.3) is 0 Å². The highest BCUT2D eigenvalue weighted by molar-refractivity contribution is 6.00. The van der Waals surface area contributed by atoms with Crippen molar-refractivity contribution < 1.29 is 20.5 Å². The molecule has 0 unspecified atom stereocenters. The lowest BCUT2D eigenvalue weighted by Gasteiger charge is -2.03. The quantitative estimate of drug-likeness (QED) is 0.739. The number of hydrogen-bond donors (Lipinski definition) is 2. The Morgan fingerprint density at radius 2 is 1.73 bits per heavy atom. The molecule has 4 nitrogen and oxygen atoms in total. The average molecular weight is 206 g/mol. The van der Waals surface area contributed by atoms with E-state index in [1.165, 1.54) is 6.07 Å². The van der Waals surface area contributed by atoms with Gasteiger partial charge in [-0.3, -0.25) is 0 Å². The van der Waals surface area contributed by atoms with Crippen molar-refractivity contribution in [3.8, 4) is 5.75 Å². The Labute approximate surface area is 85.7 Å². The van der Waals surface area contributed by atoms with Crippen molar-refractivity contribution in [3.63, 3.8) is 0 Å². The van der Waals surface area contributed by atoms with Crippen molar-refractivity contribution in [2.45, 2.75) is 0 Å². The van der Waals surface area contributed by atoms with Gasteiger partial charge in [-0.25, -0.2) is 4.79 Å². The molecule has 4 N–H and O–H groups in total. The number of carbonyl (C=O) groups is 1. The van der Waals surface area contributed by atoms with Gasteiger partial charge in [-0.05, 0) is 11.5 Å². The predicted octanol–water partition coefficient (Wildman–Crippen LogP) is 1.42. The summed E-state index contributed by atoms with van der Waals surface area (Å²) in [5, 5.41) is 19.8. The Balaban J connectivity index is 0.00000112. The average Bonchev–Trinajstić information content (AvgIpc) is 2.18. The van der Waals surface area contributed by atoms with E-state index in [9.17, 15) is 9.90 Å². The molecule has 78 valence electrons. The van der Waals surface area contributed by atoms with Crippen molar-refractivity contribution in [2.75, 3.05) is 0 Å². The van der Waals surface area contributed by atoms with Crippen molar-refractivity contribution in [1.29, 1.82) is 0 Å². The van der Waals surface area contributed by atoms with Crippen LogP contribution in [0, 0.1) is 0 Å². The molecule has 15 heavy (non-hydrogen) atoms. The van der Waals surface area contributed by atoms with Crippen LogP contribution in [-0.2, 0) is 0 Å². The third kappa shape index (κ3) is 1.75. The largest absolute Gasteiger partial charge is 0.506 e. The van der Waals surface area contributed by atoms with Crippen LogP contribution < -0.4 is 0 Å². The number of aromatic carboxylic acids is 1. The van der Waals surface area contributed by atoms with Crippen LogP contribution >= 0.6 is 0 Å². The number of fused-ring (bicyclic) bond motifs is 1. The highest BCUT2D eigenvalue weighted by Crippen LogP contribution is 2.28. The van der Waals surface area contributed by atoms with E-state index in [1.54, 1.807) is 18.2 Å². The second kappa shape index (κ2) is 3.98. The molecule has 0 fully saturated rings. The van der Waals surface area contributed by atoms with E-state index < -0.39 is 5.97 Å². The monoisotopic (exact) mass is 206 g/mol. The molecular weight excluding hydrogens is 196 g/mol. The fourth-order valence-corrected chi connectivity index (χ4v) is 1.43. The summed E-state index contributed by atoms with van der Waals surface area (Å²) >= 11 is 0. The van der Waals surface area contributed by atoms with E-state index in [0.717, 1.165) is 5.39 Å². The van der Waals surface area contributed by atoms with Crippen molar-refractivity contribution >= 4 is 16.7 Å². The van der Waals surface area contributed by atoms with E-state index in [-0.39, 0.29) is 16.8 Å². The Bertz CT molecular complexity index is 505. The number of benzene rings is 2. The third-order valence-corrected chi connectivity index (χ3v) is 2.13. The van der Waals surface area contributed by atoms with E-state index in [0.29, 0.717) is 5.39 Å². The lowest BCUT2D eigenvalue weighted by atomic mass is 10.1. The van der Waals surface area contributed by atoms with Crippen molar-refractivity contribution in [1.82, 2.24) is 0 Å². The van der Waals surface area contributed by atoms with Gasteiger partial charge in [0.2, 0.25) is 0 Å². The van der Waals surface area contributed by atoms with Gasteiger partial charge >= 0.3 is 5.97 Å². The van der Waals surface area contributed by atoms with Crippen LogP contribution in [0.2, 0.25) is 0 Å². The number of phenols is 1. The molecule has 0 bridgehead atoms. The van der Waals surface area contributed by atoms with Gasteiger partial charge in [0.15, 0.2) is 0 Å². The second-order valence-corrected chi connectivity index (χ2v) is 2.99. The molecule has 2 aromatic carbocycles. The zero-order chi connectivity index (χ0) is 10.1. The van der Waals surface area contributed by atoms with Crippen LogP contribution in [0.15, 0.2) is 36.4 Å². The Morgan fingerprint density at radius 1 is 1.07 bits per heavy atom. The highest BCUT2D eigenvalue weighted by atomic mass is 16.4. The SMILES string of the molecule is O.O=C(O)c1ccc2ccccc2c1O. The molecule has 0 saturated carbocycles. The fourth-order valence-electron chi connectivity index (χ4n) is 1.43. The second-order valence-electron chi connectivity index (χ2n) is 2.99. The fraction of sp³-hybridized carbons (Fsp3) is 0. The molecule has 0 radical (unpaired) electrons. The lowest BCUT2D eigenvalue weighted by molar-refractivity contribution is 0.0694. The van der Waals surface area contributed by atoms with Gasteiger partial charge in [0.05, 0.1) is 0 Å². The van der Waals surface area contributed by atoms with Crippen molar-refractivity contribution in [3.05, 3.63) is 42.0 Å². The highest BCUT2D eigenvalue weighted by Gasteiger charge is 2.11. The number of aromatic hydroxyl groups is 1. The van der Waals surface area contributed by atoms with Gasteiger partial charge < -0.3 is 15.7 Å². The standard InChI is InChI=1S/C11H8O3.H2O/c12-10-8-4-2-1-3-7(8)5-6-9(10)11(13)14;/h1-6,12H,(H,13,14);1H2. The van der Waals surface area contributed by atoms with E-state index in [2.05, 4.69) is 0 Å². The van der Waals surface area contributed by atoms with Gasteiger partial charge in [-0.15, -0.1) is 0 Å². The summed E-state index contributed by atoms with van der Waals surface area (Å²) in [6.07, 6.45) is 0. The first-order valence-electron chi connectivity index (χ1n) is 4.14. The summed E-state index contributed by atoms with van der Waals surface area (Å²) in [4.78, 5) is 10.7. The minimum Gasteiger partial charge on any atom is -0.506 e. The number of carboxylic acid groups (broad SMARTS) is 1. The molecule has 0 aliphatic rings. The van der Waals surface area contributed by atoms with Gasteiger partial charge in [-0.1, -0.05) is 30.3 Å². The molecule has 0 saturated heterocycles. The molecule has 2 rings (SSSR count). The smallest absolute Gasteiger partial charge is 0.339 e. The summed E-state index contributed by atoms with van der Waals surface area (Å²) < 4.78 is 0. The molecule has 0 aliphatic heterocycles. The first-order valence-corrected chi connectivity index (χ1v) is 4.14. The minimum atomic E-state index is -1.12. The Hall–Kier alpha value is -2.07. The molecule has 0 spiro atoms. The van der Waals surface area contributed by atoms with Crippen LogP contribution in [0.4, 0.5) is 0 Å². The lowest BCUT2D eigenvalue weighted by Crippen LogP contribution is -1.96. The Morgan fingerprint density at radius 3 is 2.40 bits per heavy atom. The van der Waals surface area contributed by atoms with Crippen LogP contribution in [0.1, 0.15) is 10.4 Å². The molecule has 0 heterocycles. The van der Waals surface area contributed by atoms with Crippen LogP contribution in [-0.4, -0.2) is 21.7 Å². The number of hydrogen-bond acceptors (Lipinski definition) is 2. The van der Waals surface area contributed by atoms with Crippen molar-refractivity contribution in [2.24, 2.45) is 0 Å². The maximum Gasteiger partial charge on any atom is 0.339 e. The molecule has 0 aliphatic carbocycles. The number of carboxylic acids is 1. The summed E-state index contributed by atoms with van der Waals surface area (Å²) in [5.74, 6) is -1.29. The zero-order valence-electron chi connectivity index (χ0n) is 7.77. The summed E-state index contributed by atoms with van der Waals surface area (Å²) in [7, 11) is 0. The molecule has 4 heteroatoms. The molecule has 0 amide bonds. The zero-order valence-corrected chi connectivity index (χ0v) is 7.77. The topological polar surface area (TPSA) is 89.0 Å². The molecule has 0 aromatic heterocycles. The molecular formula is C11H10O4. The Kier molecular flexibility index (Phi) is 2.92. The predicted molar refractivity (Wildman–Crippen MR) is 56.2 cm³/mol. The van der Waals surface area contributed by atoms with E-state index >= 15 is 0 Å². The maximum atomic E-state index is 10.7. The molecule has 0 atom stereocenters. The number of rotatable bonds is 1. The van der Waals surface area contributed by atoms with Crippen LogP contribution in [0.25, 0.3) is 10.8 Å². The summed E-state index contributed by atoms with van der Waals surface area (Å²) in [5.41, 5.74) is -0.0660. The van der Waals surface area contributed by atoms with Gasteiger partial charge in [-0.2, -0.15) is 0 Å². The van der Waals surface area contributed by atoms with Crippen LogP contribution in [0.5, 0.6) is 5.75 Å². The minimum absolute atomic E-state index is 0. The summed E-state index contributed by atoms with van der Waals surface area (Å²) in [6, 6.07) is 10.2. The van der Waals surface area contributed by atoms with Crippen LogP contribution in [0.3, 0.4) is 0 Å². The summed E-state index contributed by atoms with van der Waals surface area (Å²) in [6.45, 7) is 0. The van der Waals surface area contributed by atoms with E-state index in [4.69, 9.17) is 5.11 Å². The van der Waals surface area contributed by atoms with Gasteiger partial charge in [0, 0.05) is 5.39 Å². The first kappa shape index (κ1) is 11.0. The molecule has 2 aromatic rings. The van der Waals surface area contributed by atoms with Gasteiger partial charge in [0.1, 0.15) is 11.3 Å². The normalized spacial score (nSPS) is 9.60.